The van der Waals surface area contributed by atoms with Gasteiger partial charge < -0.3 is 9.47 Å². The number of rotatable bonds is 2. The lowest BCUT2D eigenvalue weighted by Crippen LogP contribution is -2.29. The summed E-state index contributed by atoms with van der Waals surface area (Å²) in [6, 6.07) is 4.27. The second-order valence-corrected chi connectivity index (χ2v) is 4.06. The quantitative estimate of drug-likeness (QED) is 0.748. The maximum absolute atomic E-state index is 5.57. The zero-order valence-electron chi connectivity index (χ0n) is 8.93. The van der Waals surface area contributed by atoms with E-state index in [9.17, 15) is 0 Å². The molecule has 0 aliphatic carbocycles. The Balaban J connectivity index is 1.78. The largest absolute Gasteiger partial charge is 0.350 e. The third kappa shape index (κ3) is 1.82. The molecule has 0 aromatic carbocycles. The third-order valence-corrected chi connectivity index (χ3v) is 3.09. The lowest BCUT2D eigenvalue weighted by molar-refractivity contribution is -0.0830. The molecular weight excluding hydrogens is 206 g/mol. The molecule has 2 aliphatic heterocycles. The summed E-state index contributed by atoms with van der Waals surface area (Å²) in [6.45, 7) is 2.26. The zero-order chi connectivity index (χ0) is 10.8. The topological polar surface area (TPSA) is 55.4 Å². The van der Waals surface area contributed by atoms with Crippen molar-refractivity contribution in [1.29, 1.82) is 0 Å². The van der Waals surface area contributed by atoms with E-state index in [1.807, 2.05) is 24.5 Å². The van der Waals surface area contributed by atoms with Crippen molar-refractivity contribution in [2.45, 2.75) is 12.3 Å². The molecule has 0 radical (unpaired) electrons. The first-order chi connectivity index (χ1) is 7.95. The number of hydrogen-bond acceptors (Lipinski definition) is 5. The van der Waals surface area contributed by atoms with Gasteiger partial charge in [-0.1, -0.05) is 0 Å². The second-order valence-electron chi connectivity index (χ2n) is 4.06. The van der Waals surface area contributed by atoms with Crippen LogP contribution in [0, 0.1) is 5.92 Å². The van der Waals surface area contributed by atoms with Gasteiger partial charge >= 0.3 is 0 Å². The fourth-order valence-corrected chi connectivity index (χ4v) is 2.29. The molecule has 3 rings (SSSR count). The maximum atomic E-state index is 5.57. The number of aromatic nitrogens is 1. The average molecular weight is 221 g/mol. The highest BCUT2D eigenvalue weighted by Gasteiger charge is 2.37. The SMILES string of the molecule is c1cc(C2NNCC2C2OCCO2)ccn1. The lowest BCUT2D eigenvalue weighted by Gasteiger charge is -2.22. The van der Waals surface area contributed by atoms with Crippen LogP contribution in [-0.4, -0.2) is 31.0 Å². The predicted octanol–water partition coefficient (Wildman–Crippen LogP) is 0.220. The summed E-state index contributed by atoms with van der Waals surface area (Å²) >= 11 is 0. The molecule has 2 aliphatic rings. The minimum absolute atomic E-state index is 0.0966. The van der Waals surface area contributed by atoms with Crippen LogP contribution in [0.1, 0.15) is 11.6 Å². The van der Waals surface area contributed by atoms with Gasteiger partial charge in [0.15, 0.2) is 6.29 Å². The molecule has 0 amide bonds. The third-order valence-electron chi connectivity index (χ3n) is 3.09. The highest BCUT2D eigenvalue weighted by molar-refractivity contribution is 5.17. The Kier molecular flexibility index (Phi) is 2.84. The van der Waals surface area contributed by atoms with E-state index in [0.717, 1.165) is 6.54 Å². The Labute approximate surface area is 94.1 Å². The van der Waals surface area contributed by atoms with Crippen molar-refractivity contribution in [3.63, 3.8) is 0 Å². The number of hydrogen-bond donors (Lipinski definition) is 2. The van der Waals surface area contributed by atoms with Crippen LogP contribution in [0.15, 0.2) is 24.5 Å². The molecule has 3 heterocycles. The van der Waals surface area contributed by atoms with E-state index in [1.54, 1.807) is 0 Å². The first-order valence-electron chi connectivity index (χ1n) is 5.56. The van der Waals surface area contributed by atoms with Crippen LogP contribution in [0.25, 0.3) is 0 Å². The van der Waals surface area contributed by atoms with E-state index < -0.39 is 0 Å². The van der Waals surface area contributed by atoms with Crippen LogP contribution in [-0.2, 0) is 9.47 Å². The molecule has 86 valence electrons. The van der Waals surface area contributed by atoms with Gasteiger partial charge in [0, 0.05) is 24.9 Å². The van der Waals surface area contributed by atoms with Crippen LogP contribution in [0.4, 0.5) is 0 Å². The molecule has 0 spiro atoms. The molecule has 2 atom stereocenters. The molecule has 1 aromatic rings. The number of nitrogens with zero attached hydrogens (tertiary/aromatic N) is 1. The monoisotopic (exact) mass is 221 g/mol. The van der Waals surface area contributed by atoms with Gasteiger partial charge in [-0.25, -0.2) is 5.43 Å². The molecule has 5 nitrogen and oxygen atoms in total. The van der Waals surface area contributed by atoms with E-state index in [1.165, 1.54) is 5.56 Å². The van der Waals surface area contributed by atoms with Crippen LogP contribution < -0.4 is 10.9 Å². The van der Waals surface area contributed by atoms with Gasteiger partial charge in [-0.05, 0) is 17.7 Å². The summed E-state index contributed by atoms with van der Waals surface area (Å²) in [5, 5.41) is 0. The van der Waals surface area contributed by atoms with Crippen LogP contribution in [0.2, 0.25) is 0 Å². The van der Waals surface area contributed by atoms with Gasteiger partial charge in [0.25, 0.3) is 0 Å². The van der Waals surface area contributed by atoms with Crippen molar-refractivity contribution in [1.82, 2.24) is 15.8 Å². The van der Waals surface area contributed by atoms with E-state index in [0.29, 0.717) is 19.1 Å². The second kappa shape index (κ2) is 4.47. The highest BCUT2D eigenvalue weighted by atomic mass is 16.7. The summed E-state index contributed by atoms with van der Waals surface area (Å²) in [7, 11) is 0. The fourth-order valence-electron chi connectivity index (χ4n) is 2.29. The molecule has 0 bridgehead atoms. The van der Waals surface area contributed by atoms with Crippen molar-refractivity contribution in [3.8, 4) is 0 Å². The molecule has 16 heavy (non-hydrogen) atoms. The summed E-state index contributed by atoms with van der Waals surface area (Å²) in [6.07, 6.45) is 3.52. The molecule has 2 N–H and O–H groups in total. The Hall–Kier alpha value is -1.01. The van der Waals surface area contributed by atoms with Crippen molar-refractivity contribution in [3.05, 3.63) is 30.1 Å². The molecule has 0 saturated carbocycles. The van der Waals surface area contributed by atoms with Gasteiger partial charge in [-0.3, -0.25) is 10.4 Å². The zero-order valence-corrected chi connectivity index (χ0v) is 8.93. The van der Waals surface area contributed by atoms with E-state index in [2.05, 4.69) is 15.8 Å². The standard InChI is InChI=1S/C11H15N3O2/c1-3-12-4-2-8(1)10-9(7-13-14-10)11-15-5-6-16-11/h1-4,9-11,13-14H,5-7H2. The summed E-state index contributed by atoms with van der Waals surface area (Å²) < 4.78 is 11.1. The first kappa shape index (κ1) is 10.2. The van der Waals surface area contributed by atoms with Crippen LogP contribution in [0.5, 0.6) is 0 Å². The number of nitrogens with one attached hydrogen (secondary N) is 2. The smallest absolute Gasteiger partial charge is 0.163 e. The number of pyridine rings is 1. The minimum Gasteiger partial charge on any atom is -0.350 e. The summed E-state index contributed by atoms with van der Waals surface area (Å²) in [5.74, 6) is 0.310. The minimum atomic E-state index is -0.0966. The van der Waals surface area contributed by atoms with Crippen molar-refractivity contribution >= 4 is 0 Å². The Morgan fingerprint density at radius 3 is 2.69 bits per heavy atom. The van der Waals surface area contributed by atoms with Gasteiger partial charge in [-0.2, -0.15) is 0 Å². The normalized spacial score (nSPS) is 31.0. The molecule has 2 fully saturated rings. The predicted molar refractivity (Wildman–Crippen MR) is 57.3 cm³/mol. The van der Waals surface area contributed by atoms with Crippen molar-refractivity contribution in [2.75, 3.05) is 19.8 Å². The Morgan fingerprint density at radius 1 is 1.19 bits per heavy atom. The average Bonchev–Trinajstić information content (AvgIpc) is 3.01. The van der Waals surface area contributed by atoms with E-state index in [-0.39, 0.29) is 12.3 Å². The maximum Gasteiger partial charge on any atom is 0.163 e. The van der Waals surface area contributed by atoms with Crippen molar-refractivity contribution in [2.24, 2.45) is 5.92 Å². The van der Waals surface area contributed by atoms with Gasteiger partial charge in [0.1, 0.15) is 0 Å². The summed E-state index contributed by atoms with van der Waals surface area (Å²) in [5.41, 5.74) is 7.64. The molecular formula is C11H15N3O2. The van der Waals surface area contributed by atoms with Crippen LogP contribution in [0.3, 0.4) is 0 Å². The van der Waals surface area contributed by atoms with Gasteiger partial charge in [-0.15, -0.1) is 0 Å². The Bertz CT molecular complexity index is 340. The first-order valence-corrected chi connectivity index (χ1v) is 5.56. The number of hydrazine groups is 1. The summed E-state index contributed by atoms with van der Waals surface area (Å²) in [4.78, 5) is 4.03. The Morgan fingerprint density at radius 2 is 1.94 bits per heavy atom. The number of ether oxygens (including phenoxy) is 2. The van der Waals surface area contributed by atoms with Gasteiger partial charge in [0.05, 0.1) is 19.3 Å². The van der Waals surface area contributed by atoms with E-state index in [4.69, 9.17) is 9.47 Å². The molecule has 2 unspecified atom stereocenters. The molecule has 1 aromatic heterocycles. The highest BCUT2D eigenvalue weighted by Crippen LogP contribution is 2.30. The van der Waals surface area contributed by atoms with Gasteiger partial charge in [0.2, 0.25) is 0 Å². The van der Waals surface area contributed by atoms with Crippen LogP contribution >= 0.6 is 0 Å². The van der Waals surface area contributed by atoms with E-state index >= 15 is 0 Å². The molecule has 2 saturated heterocycles. The molecule has 5 heteroatoms. The lowest BCUT2D eigenvalue weighted by atomic mass is 9.95. The fraction of sp³-hybridized carbons (Fsp3) is 0.545. The van der Waals surface area contributed by atoms with Crippen molar-refractivity contribution < 1.29 is 9.47 Å².